The Labute approximate surface area is 149 Å². The highest BCUT2D eigenvalue weighted by Crippen LogP contribution is 2.17. The Morgan fingerprint density at radius 3 is 2.76 bits per heavy atom. The van der Waals surface area contributed by atoms with E-state index in [9.17, 15) is 4.79 Å². The molecule has 25 heavy (non-hydrogen) atoms. The number of pyridine rings is 1. The Hall–Kier alpha value is -2.14. The van der Waals surface area contributed by atoms with Crippen molar-refractivity contribution in [3.63, 3.8) is 0 Å². The first-order valence-electron chi connectivity index (χ1n) is 9.23. The standard InChI is InChI=1S/C20H27N3O2/c24-20(22-17-7-2-1-3-8-17)11-13-23(16-19-10-6-14-25-19)15-18-9-4-5-12-21-18/h4-6,9-10,12,14,17H,1-3,7-8,11,13,15-16H2,(H,22,24). The minimum Gasteiger partial charge on any atom is -0.468 e. The first kappa shape index (κ1) is 17.7. The predicted octanol–water partition coefficient (Wildman–Crippen LogP) is 3.52. The number of nitrogens with one attached hydrogen (secondary N) is 1. The lowest BCUT2D eigenvalue weighted by molar-refractivity contribution is -0.122. The van der Waals surface area contributed by atoms with E-state index in [0.29, 0.717) is 32.1 Å². The number of aromatic nitrogens is 1. The fraction of sp³-hybridized carbons (Fsp3) is 0.500. The van der Waals surface area contributed by atoms with E-state index in [1.54, 1.807) is 12.5 Å². The topological polar surface area (TPSA) is 58.4 Å². The van der Waals surface area contributed by atoms with Crippen LogP contribution in [0.2, 0.25) is 0 Å². The van der Waals surface area contributed by atoms with Gasteiger partial charge in [-0.15, -0.1) is 0 Å². The molecule has 1 N–H and O–H groups in total. The molecule has 0 atom stereocenters. The summed E-state index contributed by atoms with van der Waals surface area (Å²) in [6.45, 7) is 2.08. The molecule has 1 saturated carbocycles. The Balaban J connectivity index is 1.52. The van der Waals surface area contributed by atoms with Crippen LogP contribution in [-0.2, 0) is 17.9 Å². The second-order valence-electron chi connectivity index (χ2n) is 6.76. The van der Waals surface area contributed by atoms with E-state index in [-0.39, 0.29) is 5.91 Å². The van der Waals surface area contributed by atoms with E-state index >= 15 is 0 Å². The van der Waals surface area contributed by atoms with Crippen molar-refractivity contribution in [3.8, 4) is 0 Å². The molecule has 0 unspecified atom stereocenters. The SMILES string of the molecule is O=C(CCN(Cc1ccccn1)Cc1ccco1)NC1CCCCC1. The van der Waals surface area contributed by atoms with Gasteiger partial charge in [0.05, 0.1) is 18.5 Å². The number of carbonyl (C=O) groups excluding carboxylic acids is 1. The quantitative estimate of drug-likeness (QED) is 0.798. The molecule has 1 aliphatic rings. The van der Waals surface area contributed by atoms with Crippen LogP contribution in [0.25, 0.3) is 0 Å². The highest BCUT2D eigenvalue weighted by molar-refractivity contribution is 5.76. The average molecular weight is 341 g/mol. The third-order valence-electron chi connectivity index (χ3n) is 4.70. The predicted molar refractivity (Wildman–Crippen MR) is 96.7 cm³/mol. The molecule has 0 radical (unpaired) electrons. The Kier molecular flexibility index (Phi) is 6.63. The molecule has 2 aromatic rings. The molecule has 5 heteroatoms. The number of furan rings is 1. The molecule has 2 aromatic heterocycles. The number of hydrogen-bond donors (Lipinski definition) is 1. The second-order valence-corrected chi connectivity index (χ2v) is 6.76. The monoisotopic (exact) mass is 341 g/mol. The molecule has 1 aliphatic carbocycles. The first-order chi connectivity index (χ1) is 12.3. The smallest absolute Gasteiger partial charge is 0.221 e. The molecule has 1 fully saturated rings. The van der Waals surface area contributed by atoms with Crippen LogP contribution in [0, 0.1) is 0 Å². The molecule has 0 spiro atoms. The number of nitrogens with zero attached hydrogens (tertiary/aromatic N) is 2. The van der Waals surface area contributed by atoms with Gasteiger partial charge in [0, 0.05) is 31.7 Å². The summed E-state index contributed by atoms with van der Waals surface area (Å²) < 4.78 is 5.47. The molecule has 5 nitrogen and oxygen atoms in total. The fourth-order valence-electron chi connectivity index (χ4n) is 3.36. The van der Waals surface area contributed by atoms with E-state index in [1.807, 2.05) is 30.3 Å². The lowest BCUT2D eigenvalue weighted by Crippen LogP contribution is -2.38. The molecule has 2 heterocycles. The van der Waals surface area contributed by atoms with Crippen molar-refractivity contribution in [2.24, 2.45) is 0 Å². The van der Waals surface area contributed by atoms with Crippen molar-refractivity contribution < 1.29 is 9.21 Å². The number of hydrogen-bond acceptors (Lipinski definition) is 4. The highest BCUT2D eigenvalue weighted by Gasteiger charge is 2.17. The van der Waals surface area contributed by atoms with Gasteiger partial charge in [-0.25, -0.2) is 0 Å². The van der Waals surface area contributed by atoms with Gasteiger partial charge in [0.2, 0.25) is 5.91 Å². The van der Waals surface area contributed by atoms with Crippen LogP contribution < -0.4 is 5.32 Å². The van der Waals surface area contributed by atoms with Crippen LogP contribution in [0.3, 0.4) is 0 Å². The zero-order valence-corrected chi connectivity index (χ0v) is 14.7. The van der Waals surface area contributed by atoms with Crippen molar-refractivity contribution in [1.29, 1.82) is 0 Å². The molecule has 0 aliphatic heterocycles. The van der Waals surface area contributed by atoms with Gasteiger partial charge in [-0.1, -0.05) is 25.3 Å². The Morgan fingerprint density at radius 1 is 1.16 bits per heavy atom. The largest absolute Gasteiger partial charge is 0.468 e. The van der Waals surface area contributed by atoms with Gasteiger partial charge in [-0.05, 0) is 37.1 Å². The fourth-order valence-corrected chi connectivity index (χ4v) is 3.36. The number of carbonyl (C=O) groups is 1. The van der Waals surface area contributed by atoms with Crippen molar-refractivity contribution in [2.75, 3.05) is 6.54 Å². The van der Waals surface area contributed by atoms with Crippen LogP contribution >= 0.6 is 0 Å². The average Bonchev–Trinajstić information content (AvgIpc) is 3.14. The summed E-state index contributed by atoms with van der Waals surface area (Å²) in [6.07, 6.45) is 9.99. The Bertz CT molecular complexity index is 622. The second kappa shape index (κ2) is 9.37. The number of rotatable bonds is 8. The first-order valence-corrected chi connectivity index (χ1v) is 9.23. The van der Waals surface area contributed by atoms with Crippen LogP contribution in [0.1, 0.15) is 50.0 Å². The minimum absolute atomic E-state index is 0.150. The van der Waals surface area contributed by atoms with Crippen molar-refractivity contribution in [1.82, 2.24) is 15.2 Å². The summed E-state index contributed by atoms with van der Waals surface area (Å²) in [7, 11) is 0. The maximum absolute atomic E-state index is 12.3. The van der Waals surface area contributed by atoms with Crippen LogP contribution in [0.5, 0.6) is 0 Å². The van der Waals surface area contributed by atoms with Crippen LogP contribution in [0.15, 0.2) is 47.2 Å². The summed E-state index contributed by atoms with van der Waals surface area (Å²) in [6, 6.07) is 10.1. The molecular formula is C20H27N3O2. The zero-order valence-electron chi connectivity index (χ0n) is 14.7. The van der Waals surface area contributed by atoms with E-state index in [1.165, 1.54) is 19.3 Å². The maximum atomic E-state index is 12.3. The molecule has 0 saturated heterocycles. The number of amides is 1. The van der Waals surface area contributed by atoms with Gasteiger partial charge >= 0.3 is 0 Å². The van der Waals surface area contributed by atoms with Crippen LogP contribution in [-0.4, -0.2) is 28.4 Å². The van der Waals surface area contributed by atoms with E-state index in [0.717, 1.165) is 24.3 Å². The zero-order chi connectivity index (χ0) is 17.3. The highest BCUT2D eigenvalue weighted by atomic mass is 16.3. The summed E-state index contributed by atoms with van der Waals surface area (Å²) in [4.78, 5) is 18.9. The van der Waals surface area contributed by atoms with E-state index in [4.69, 9.17) is 4.42 Å². The minimum atomic E-state index is 0.150. The van der Waals surface area contributed by atoms with Gasteiger partial charge in [0.15, 0.2) is 0 Å². The molecule has 0 bridgehead atoms. The molecule has 0 aromatic carbocycles. The van der Waals surface area contributed by atoms with Gasteiger partial charge in [0.25, 0.3) is 0 Å². The van der Waals surface area contributed by atoms with Gasteiger partial charge < -0.3 is 9.73 Å². The summed E-state index contributed by atoms with van der Waals surface area (Å²) in [5.41, 5.74) is 1.00. The van der Waals surface area contributed by atoms with Gasteiger partial charge in [-0.3, -0.25) is 14.7 Å². The Morgan fingerprint density at radius 2 is 2.04 bits per heavy atom. The third-order valence-corrected chi connectivity index (χ3v) is 4.70. The summed E-state index contributed by atoms with van der Waals surface area (Å²) in [5.74, 6) is 1.06. The van der Waals surface area contributed by atoms with E-state index < -0.39 is 0 Å². The van der Waals surface area contributed by atoms with Crippen molar-refractivity contribution in [3.05, 3.63) is 54.2 Å². The third kappa shape index (κ3) is 6.02. The van der Waals surface area contributed by atoms with E-state index in [2.05, 4.69) is 15.2 Å². The van der Waals surface area contributed by atoms with Crippen molar-refractivity contribution in [2.45, 2.75) is 57.7 Å². The lowest BCUT2D eigenvalue weighted by Gasteiger charge is -2.24. The summed E-state index contributed by atoms with van der Waals surface area (Å²) in [5, 5.41) is 3.19. The lowest BCUT2D eigenvalue weighted by atomic mass is 9.95. The van der Waals surface area contributed by atoms with Gasteiger partial charge in [0.1, 0.15) is 5.76 Å². The summed E-state index contributed by atoms with van der Waals surface area (Å²) >= 11 is 0. The van der Waals surface area contributed by atoms with Crippen LogP contribution in [0.4, 0.5) is 0 Å². The van der Waals surface area contributed by atoms with Gasteiger partial charge in [-0.2, -0.15) is 0 Å². The van der Waals surface area contributed by atoms with Crippen molar-refractivity contribution >= 4 is 5.91 Å². The maximum Gasteiger partial charge on any atom is 0.221 e. The molecule has 134 valence electrons. The normalized spacial score (nSPS) is 15.4. The molecule has 1 amide bonds. The molecule has 3 rings (SSSR count). The molecular weight excluding hydrogens is 314 g/mol.